The Morgan fingerprint density at radius 1 is 1.41 bits per heavy atom. The molecular weight excluding hydrogens is 320 g/mol. The third-order valence-corrected chi connectivity index (χ3v) is 7.08. The van der Waals surface area contributed by atoms with Crippen molar-refractivity contribution >= 4 is 32.5 Å². The minimum absolute atomic E-state index is 0.0258. The molecule has 2 aliphatic rings. The van der Waals surface area contributed by atoms with Crippen LogP contribution in [-0.4, -0.2) is 43.0 Å². The second-order valence-electron chi connectivity index (χ2n) is 5.68. The summed E-state index contributed by atoms with van der Waals surface area (Å²) in [6, 6.07) is 7.47. The van der Waals surface area contributed by atoms with Gasteiger partial charge in [-0.1, -0.05) is 31.2 Å². The molecule has 1 aromatic rings. The number of hydrogen-bond acceptors (Lipinski definition) is 5. The van der Waals surface area contributed by atoms with Gasteiger partial charge in [-0.3, -0.25) is 5.41 Å². The highest BCUT2D eigenvalue weighted by atomic mass is 32.2. The van der Waals surface area contributed by atoms with Crippen molar-refractivity contribution in [2.45, 2.75) is 31.1 Å². The van der Waals surface area contributed by atoms with Gasteiger partial charge in [0.2, 0.25) is 0 Å². The molecule has 1 aromatic carbocycles. The zero-order chi connectivity index (χ0) is 15.7. The summed E-state index contributed by atoms with van der Waals surface area (Å²) < 4.78 is 29.4. The Balaban J connectivity index is 1.81. The lowest BCUT2D eigenvalue weighted by Crippen LogP contribution is -2.37. The van der Waals surface area contributed by atoms with Gasteiger partial charge in [-0.15, -0.1) is 0 Å². The maximum absolute atomic E-state index is 11.8. The molecule has 2 fully saturated rings. The normalized spacial score (nSPS) is 26.2. The van der Waals surface area contributed by atoms with Crippen LogP contribution in [0.25, 0.3) is 0 Å². The molecule has 0 aliphatic carbocycles. The van der Waals surface area contributed by atoms with Crippen LogP contribution in [0.1, 0.15) is 19.8 Å². The number of nitrogens with zero attached hydrogens (tertiary/aromatic N) is 1. The summed E-state index contributed by atoms with van der Waals surface area (Å²) in [4.78, 5) is 1.84. The van der Waals surface area contributed by atoms with Crippen molar-refractivity contribution in [1.29, 1.82) is 5.41 Å². The van der Waals surface area contributed by atoms with E-state index in [2.05, 4.69) is 6.92 Å². The SMILES string of the molecule is CCCCOc1cccc(N2C(=N)S[C@H]3CS(=O)(=O)C[C@@H]32)c1. The summed E-state index contributed by atoms with van der Waals surface area (Å²) >= 11 is 1.36. The second-order valence-corrected chi connectivity index (χ2v) is 9.06. The number of hydrogen-bond donors (Lipinski definition) is 1. The number of unbranched alkanes of at least 4 members (excludes halogenated alkanes) is 1. The van der Waals surface area contributed by atoms with E-state index in [-0.39, 0.29) is 22.8 Å². The van der Waals surface area contributed by atoms with Crippen LogP contribution in [0.15, 0.2) is 24.3 Å². The van der Waals surface area contributed by atoms with Crippen molar-refractivity contribution in [1.82, 2.24) is 0 Å². The van der Waals surface area contributed by atoms with Crippen LogP contribution in [0, 0.1) is 5.41 Å². The number of ether oxygens (including phenoxy) is 1. The second kappa shape index (κ2) is 6.12. The van der Waals surface area contributed by atoms with Gasteiger partial charge in [-0.2, -0.15) is 0 Å². The molecule has 7 heteroatoms. The lowest BCUT2D eigenvalue weighted by molar-refractivity contribution is 0.309. The van der Waals surface area contributed by atoms with E-state index in [1.807, 2.05) is 29.2 Å². The molecule has 0 amide bonds. The summed E-state index contributed by atoms with van der Waals surface area (Å²) in [6.07, 6.45) is 2.08. The number of benzene rings is 1. The van der Waals surface area contributed by atoms with Gasteiger partial charge < -0.3 is 9.64 Å². The third-order valence-electron chi connectivity index (χ3n) is 3.95. The first-order chi connectivity index (χ1) is 10.5. The van der Waals surface area contributed by atoms with Crippen molar-refractivity contribution in [2.75, 3.05) is 23.0 Å². The van der Waals surface area contributed by atoms with Gasteiger partial charge in [0, 0.05) is 17.0 Å². The maximum Gasteiger partial charge on any atom is 0.161 e. The molecule has 2 heterocycles. The molecule has 2 aliphatic heterocycles. The van der Waals surface area contributed by atoms with Crippen molar-refractivity contribution in [2.24, 2.45) is 0 Å². The van der Waals surface area contributed by atoms with Gasteiger partial charge >= 0.3 is 0 Å². The summed E-state index contributed by atoms with van der Waals surface area (Å²) in [5.74, 6) is 1.08. The van der Waals surface area contributed by atoms with Crippen LogP contribution in [0.3, 0.4) is 0 Å². The van der Waals surface area contributed by atoms with E-state index in [1.54, 1.807) is 0 Å². The summed E-state index contributed by atoms with van der Waals surface area (Å²) in [6.45, 7) is 2.79. The number of nitrogens with one attached hydrogen (secondary N) is 1. The quantitative estimate of drug-likeness (QED) is 0.834. The maximum atomic E-state index is 11.8. The first-order valence-electron chi connectivity index (χ1n) is 7.48. The highest BCUT2D eigenvalue weighted by Gasteiger charge is 2.48. The Bertz CT molecular complexity index is 675. The summed E-state index contributed by atoms with van der Waals surface area (Å²) in [5, 5.41) is 8.56. The topological polar surface area (TPSA) is 70.5 Å². The first kappa shape index (κ1) is 15.7. The average molecular weight is 340 g/mol. The Morgan fingerprint density at radius 3 is 3.00 bits per heavy atom. The van der Waals surface area contributed by atoms with E-state index >= 15 is 0 Å². The van der Waals surface area contributed by atoms with E-state index in [4.69, 9.17) is 10.1 Å². The lowest BCUT2D eigenvalue weighted by Gasteiger charge is -2.24. The molecule has 2 saturated heterocycles. The van der Waals surface area contributed by atoms with Crippen LogP contribution in [0.4, 0.5) is 5.69 Å². The number of thioether (sulfide) groups is 1. The smallest absolute Gasteiger partial charge is 0.161 e. The molecule has 3 rings (SSSR count). The number of fused-ring (bicyclic) bond motifs is 1. The van der Waals surface area contributed by atoms with E-state index in [0.717, 1.165) is 24.3 Å². The third kappa shape index (κ3) is 3.10. The number of rotatable bonds is 5. The van der Waals surface area contributed by atoms with Crippen molar-refractivity contribution in [3.63, 3.8) is 0 Å². The largest absolute Gasteiger partial charge is 0.494 e. The van der Waals surface area contributed by atoms with Crippen LogP contribution in [-0.2, 0) is 9.84 Å². The van der Waals surface area contributed by atoms with E-state index in [1.165, 1.54) is 11.8 Å². The van der Waals surface area contributed by atoms with E-state index in [9.17, 15) is 8.42 Å². The van der Waals surface area contributed by atoms with Crippen LogP contribution >= 0.6 is 11.8 Å². The highest BCUT2D eigenvalue weighted by molar-refractivity contribution is 8.15. The van der Waals surface area contributed by atoms with Crippen LogP contribution in [0.5, 0.6) is 5.75 Å². The molecule has 0 aromatic heterocycles. The molecule has 0 saturated carbocycles. The Morgan fingerprint density at radius 2 is 2.23 bits per heavy atom. The van der Waals surface area contributed by atoms with E-state index in [0.29, 0.717) is 11.8 Å². The Kier molecular flexibility index (Phi) is 4.36. The Labute approximate surface area is 135 Å². The van der Waals surface area contributed by atoms with Crippen molar-refractivity contribution < 1.29 is 13.2 Å². The van der Waals surface area contributed by atoms with Crippen molar-refractivity contribution in [3.8, 4) is 5.75 Å². The zero-order valence-electron chi connectivity index (χ0n) is 12.5. The molecule has 0 radical (unpaired) electrons. The predicted molar refractivity (Wildman–Crippen MR) is 90.9 cm³/mol. The van der Waals surface area contributed by atoms with E-state index < -0.39 is 9.84 Å². The van der Waals surface area contributed by atoms with Gasteiger partial charge in [0.25, 0.3) is 0 Å². The molecule has 0 unspecified atom stereocenters. The average Bonchev–Trinajstić information content (AvgIpc) is 2.89. The van der Waals surface area contributed by atoms with Gasteiger partial charge in [0.1, 0.15) is 5.75 Å². The molecule has 22 heavy (non-hydrogen) atoms. The molecule has 5 nitrogen and oxygen atoms in total. The van der Waals surface area contributed by atoms with Gasteiger partial charge in [0.05, 0.1) is 24.2 Å². The fraction of sp³-hybridized carbons (Fsp3) is 0.533. The van der Waals surface area contributed by atoms with Gasteiger partial charge in [-0.05, 0) is 18.6 Å². The summed E-state index contributed by atoms with van der Waals surface area (Å²) in [5.41, 5.74) is 0.844. The number of amidine groups is 1. The van der Waals surface area contributed by atoms with Crippen molar-refractivity contribution in [3.05, 3.63) is 24.3 Å². The van der Waals surface area contributed by atoms with Gasteiger partial charge in [0.15, 0.2) is 15.0 Å². The van der Waals surface area contributed by atoms with Gasteiger partial charge in [-0.25, -0.2) is 8.42 Å². The lowest BCUT2D eigenvalue weighted by atomic mass is 10.2. The number of anilines is 1. The van der Waals surface area contributed by atoms with Crippen LogP contribution < -0.4 is 9.64 Å². The minimum Gasteiger partial charge on any atom is -0.494 e. The fourth-order valence-electron chi connectivity index (χ4n) is 2.87. The van der Waals surface area contributed by atoms with Crippen LogP contribution in [0.2, 0.25) is 0 Å². The molecular formula is C15H20N2O3S2. The minimum atomic E-state index is -2.99. The Hall–Kier alpha value is -1.21. The zero-order valence-corrected chi connectivity index (χ0v) is 14.1. The fourth-order valence-corrected chi connectivity index (χ4v) is 6.66. The molecule has 0 spiro atoms. The highest BCUT2D eigenvalue weighted by Crippen LogP contribution is 2.40. The standard InChI is InChI=1S/C15H20N2O3S2/c1-2-3-7-20-12-6-4-5-11(8-12)17-13-9-22(18,19)10-14(13)21-15(17)16/h4-6,8,13-14,16H,2-3,7,9-10H2,1H3/t13-,14-/m0/s1. The molecule has 0 bridgehead atoms. The molecule has 120 valence electrons. The first-order valence-corrected chi connectivity index (χ1v) is 10.2. The monoisotopic (exact) mass is 340 g/mol. The summed E-state index contributed by atoms with van der Waals surface area (Å²) in [7, 11) is -2.99. The molecule has 2 atom stereocenters. The molecule has 1 N–H and O–H groups in total. The number of sulfone groups is 1. The predicted octanol–water partition coefficient (Wildman–Crippen LogP) is 2.52.